The van der Waals surface area contributed by atoms with Crippen LogP contribution in [0.5, 0.6) is 0 Å². The standard InChI is InChI=1S/C57H35N5OS/c1-3-13-41(14-4-1)61-49-20-10-8-18-47(49)58-55(61)38-27-23-36(24-28-38)43-32-33-44(54-53(43)60-57(64-54)40-31-34-52-46(35-40)45-17-7-12-22-51(45)63-52)37-25-29-39(30-26-37)56-59-48-19-9-11-21-50(48)62(56)42-15-5-2-6-16-42/h1-35H. The van der Waals surface area contributed by atoms with Gasteiger partial charge in [0.05, 0.1) is 32.3 Å². The molecule has 4 heterocycles. The van der Waals surface area contributed by atoms with E-state index in [1.165, 1.54) is 0 Å². The van der Waals surface area contributed by atoms with Crippen molar-refractivity contribution in [3.63, 3.8) is 0 Å². The molecule has 0 fully saturated rings. The minimum Gasteiger partial charge on any atom is -0.456 e. The maximum atomic E-state index is 6.21. The summed E-state index contributed by atoms with van der Waals surface area (Å²) in [4.78, 5) is 15.7. The molecule has 0 unspecified atom stereocenters. The molecular weight excluding hydrogens is 803 g/mol. The quantitative estimate of drug-likeness (QED) is 0.160. The zero-order valence-electron chi connectivity index (χ0n) is 34.3. The van der Waals surface area contributed by atoms with Crippen molar-refractivity contribution < 1.29 is 4.42 Å². The number of furan rings is 1. The Morgan fingerprint density at radius 2 is 0.859 bits per heavy atom. The summed E-state index contributed by atoms with van der Waals surface area (Å²) in [5.74, 6) is 1.81. The lowest BCUT2D eigenvalue weighted by molar-refractivity contribution is 0.669. The number of para-hydroxylation sites is 7. The molecule has 0 amide bonds. The molecule has 0 spiro atoms. The van der Waals surface area contributed by atoms with Crippen LogP contribution in [-0.4, -0.2) is 24.1 Å². The number of imidazole rings is 2. The van der Waals surface area contributed by atoms with Gasteiger partial charge in [-0.25, -0.2) is 15.0 Å². The molecule has 4 aromatic heterocycles. The second-order valence-corrected chi connectivity index (χ2v) is 17.0. The number of thiazole rings is 1. The third-order valence-electron chi connectivity index (χ3n) is 12.2. The summed E-state index contributed by atoms with van der Waals surface area (Å²) in [7, 11) is 0. The number of fused-ring (bicyclic) bond motifs is 6. The summed E-state index contributed by atoms with van der Waals surface area (Å²) in [6, 6.07) is 74.3. The first-order valence-corrected chi connectivity index (χ1v) is 22.2. The second kappa shape index (κ2) is 14.6. The van der Waals surface area contributed by atoms with Crippen molar-refractivity contribution in [2.75, 3.05) is 0 Å². The Morgan fingerprint density at radius 3 is 1.48 bits per heavy atom. The molecule has 9 aromatic carbocycles. The largest absolute Gasteiger partial charge is 0.456 e. The molecule has 0 saturated heterocycles. The number of nitrogens with zero attached hydrogens (tertiary/aromatic N) is 5. The highest BCUT2D eigenvalue weighted by Gasteiger charge is 2.20. The second-order valence-electron chi connectivity index (χ2n) is 16.0. The normalized spacial score (nSPS) is 11.8. The van der Waals surface area contributed by atoms with Crippen LogP contribution in [0.1, 0.15) is 0 Å². The predicted octanol–water partition coefficient (Wildman–Crippen LogP) is 15.2. The third kappa shape index (κ3) is 5.90. The monoisotopic (exact) mass is 837 g/mol. The summed E-state index contributed by atoms with van der Waals surface area (Å²) in [6.45, 7) is 0. The molecule has 0 radical (unpaired) electrons. The van der Waals surface area contributed by atoms with Crippen molar-refractivity contribution in [2.45, 2.75) is 0 Å². The third-order valence-corrected chi connectivity index (χ3v) is 13.4. The molecule has 13 rings (SSSR count). The average molecular weight is 838 g/mol. The Morgan fingerprint density at radius 1 is 0.375 bits per heavy atom. The first kappa shape index (κ1) is 36.3. The molecule has 0 aliphatic heterocycles. The molecule has 64 heavy (non-hydrogen) atoms. The fourth-order valence-electron chi connectivity index (χ4n) is 9.16. The van der Waals surface area contributed by atoms with Crippen LogP contribution >= 0.6 is 11.3 Å². The van der Waals surface area contributed by atoms with Crippen LogP contribution in [-0.2, 0) is 0 Å². The van der Waals surface area contributed by atoms with Crippen molar-refractivity contribution in [1.82, 2.24) is 24.1 Å². The van der Waals surface area contributed by atoms with Gasteiger partial charge in [0, 0.05) is 50.0 Å². The van der Waals surface area contributed by atoms with Gasteiger partial charge in [-0.1, -0.05) is 140 Å². The first-order chi connectivity index (χ1) is 31.7. The van der Waals surface area contributed by atoms with Crippen molar-refractivity contribution in [2.24, 2.45) is 0 Å². The number of aromatic nitrogens is 5. The van der Waals surface area contributed by atoms with Crippen LogP contribution in [0.4, 0.5) is 0 Å². The molecule has 0 N–H and O–H groups in total. The van der Waals surface area contributed by atoms with E-state index < -0.39 is 0 Å². The van der Waals surface area contributed by atoms with Crippen LogP contribution in [0.2, 0.25) is 0 Å². The van der Waals surface area contributed by atoms with E-state index in [0.29, 0.717) is 0 Å². The molecule has 0 aliphatic carbocycles. The van der Waals surface area contributed by atoms with E-state index in [4.69, 9.17) is 19.4 Å². The number of hydrogen-bond donors (Lipinski definition) is 0. The van der Waals surface area contributed by atoms with E-state index in [1.807, 2.05) is 36.4 Å². The molecule has 0 atom stereocenters. The zero-order chi connectivity index (χ0) is 42.1. The van der Waals surface area contributed by atoms with Gasteiger partial charge in [0.25, 0.3) is 0 Å². The molecular formula is C57H35N5OS. The minimum absolute atomic E-state index is 0.870. The van der Waals surface area contributed by atoms with Crippen LogP contribution in [0.3, 0.4) is 0 Å². The molecule has 6 nitrogen and oxygen atoms in total. The zero-order valence-corrected chi connectivity index (χ0v) is 35.1. The van der Waals surface area contributed by atoms with E-state index in [-0.39, 0.29) is 0 Å². The Bertz CT molecular complexity index is 3680. The van der Waals surface area contributed by atoms with E-state index in [9.17, 15) is 0 Å². The summed E-state index contributed by atoms with van der Waals surface area (Å²) >= 11 is 1.73. The summed E-state index contributed by atoms with van der Waals surface area (Å²) < 4.78 is 11.8. The highest BCUT2D eigenvalue weighted by Crippen LogP contribution is 2.44. The van der Waals surface area contributed by atoms with Gasteiger partial charge in [-0.3, -0.25) is 9.13 Å². The fourth-order valence-corrected chi connectivity index (χ4v) is 10.3. The molecule has 0 saturated carbocycles. The van der Waals surface area contributed by atoms with Crippen LogP contribution in [0.15, 0.2) is 217 Å². The van der Waals surface area contributed by atoms with E-state index in [0.717, 1.165) is 121 Å². The van der Waals surface area contributed by atoms with Gasteiger partial charge in [0.15, 0.2) is 0 Å². The van der Waals surface area contributed by atoms with Gasteiger partial charge in [0.2, 0.25) is 0 Å². The first-order valence-electron chi connectivity index (χ1n) is 21.3. The van der Waals surface area contributed by atoms with Gasteiger partial charge in [0.1, 0.15) is 27.8 Å². The maximum Gasteiger partial charge on any atom is 0.145 e. The molecule has 300 valence electrons. The Balaban J connectivity index is 0.942. The van der Waals surface area contributed by atoms with E-state index in [2.05, 4.69) is 185 Å². The Labute approximate surface area is 371 Å². The smallest absolute Gasteiger partial charge is 0.145 e. The van der Waals surface area contributed by atoms with Gasteiger partial charge in [-0.05, 0) is 83.9 Å². The van der Waals surface area contributed by atoms with Crippen LogP contribution in [0.25, 0.3) is 121 Å². The lowest BCUT2D eigenvalue weighted by Gasteiger charge is -2.12. The van der Waals surface area contributed by atoms with Crippen molar-refractivity contribution >= 4 is 65.6 Å². The minimum atomic E-state index is 0.870. The summed E-state index contributed by atoms with van der Waals surface area (Å²) in [5, 5.41) is 3.14. The van der Waals surface area contributed by atoms with Gasteiger partial charge >= 0.3 is 0 Å². The molecule has 0 aliphatic rings. The topological polar surface area (TPSA) is 61.7 Å². The molecule has 0 bridgehead atoms. The van der Waals surface area contributed by atoms with Gasteiger partial charge < -0.3 is 4.42 Å². The SMILES string of the molecule is c1ccc(-n2c(-c3ccc(-c4ccc(-c5ccc(-c6nc7ccccc7n6-c6ccccc6)cc5)c5sc(-c6ccc7oc8ccccc8c7c6)nc45)cc3)nc3ccccc32)cc1. The van der Waals surface area contributed by atoms with E-state index in [1.54, 1.807) is 11.3 Å². The van der Waals surface area contributed by atoms with Crippen molar-refractivity contribution in [1.29, 1.82) is 0 Å². The summed E-state index contributed by atoms with van der Waals surface area (Å²) in [6.07, 6.45) is 0. The number of rotatable bonds is 7. The average Bonchev–Trinajstić information content (AvgIpc) is 4.16. The lowest BCUT2D eigenvalue weighted by atomic mass is 9.97. The fraction of sp³-hybridized carbons (Fsp3) is 0. The Kier molecular flexibility index (Phi) is 8.29. The van der Waals surface area contributed by atoms with Crippen LogP contribution < -0.4 is 0 Å². The van der Waals surface area contributed by atoms with Gasteiger partial charge in [-0.2, -0.15) is 0 Å². The Hall–Kier alpha value is -8.39. The van der Waals surface area contributed by atoms with Crippen molar-refractivity contribution in [3.8, 4) is 67.0 Å². The maximum absolute atomic E-state index is 6.21. The van der Waals surface area contributed by atoms with Crippen molar-refractivity contribution in [3.05, 3.63) is 212 Å². The lowest BCUT2D eigenvalue weighted by Crippen LogP contribution is -1.97. The van der Waals surface area contributed by atoms with Crippen LogP contribution in [0, 0.1) is 0 Å². The summed E-state index contributed by atoms with van der Waals surface area (Å²) in [5.41, 5.74) is 16.5. The van der Waals surface area contributed by atoms with E-state index >= 15 is 0 Å². The van der Waals surface area contributed by atoms with Gasteiger partial charge in [-0.15, -0.1) is 11.3 Å². The highest BCUT2D eigenvalue weighted by molar-refractivity contribution is 7.22. The number of benzene rings is 9. The highest BCUT2D eigenvalue weighted by atomic mass is 32.1. The molecule has 13 aromatic rings. The predicted molar refractivity (Wildman–Crippen MR) is 263 cm³/mol. The molecule has 7 heteroatoms. The number of hydrogen-bond acceptors (Lipinski definition) is 5.